The third kappa shape index (κ3) is 17.6. The zero-order chi connectivity index (χ0) is 17.1. The zero-order valence-corrected chi connectivity index (χ0v) is 11.4. The Morgan fingerprint density at radius 3 is 0.917 bits per heavy atom. The van der Waals surface area contributed by atoms with Gasteiger partial charge >= 0.3 is 94.9 Å². The van der Waals surface area contributed by atoms with E-state index in [1.165, 1.54) is 0 Å². The molecule has 2 N–H and O–H groups in total. The van der Waals surface area contributed by atoms with Crippen molar-refractivity contribution in [3.8, 4) is 0 Å². The molecule has 12 heteroatoms. The molecule has 0 bridgehead atoms. The molecule has 0 saturated carbocycles. The monoisotopic (exact) mass is 366 g/mol. The molecule has 0 atom stereocenters. The van der Waals surface area contributed by atoms with Crippen LogP contribution in [-0.2, 0) is 38.2 Å². The van der Waals surface area contributed by atoms with Gasteiger partial charge in [-0.25, -0.2) is 0 Å². The molecule has 0 aromatic rings. The van der Waals surface area contributed by atoms with Gasteiger partial charge in [-0.15, -0.1) is 0 Å². The van der Waals surface area contributed by atoms with E-state index in [0.29, 0.717) is 0 Å². The van der Waals surface area contributed by atoms with Crippen molar-refractivity contribution in [2.75, 3.05) is 0 Å². The van der Waals surface area contributed by atoms with Gasteiger partial charge in [0.2, 0.25) is 0 Å². The van der Waals surface area contributed by atoms with Crippen molar-refractivity contribution >= 4 is 94.9 Å². The summed E-state index contributed by atoms with van der Waals surface area (Å²) in [4.78, 5) is 64.6. The van der Waals surface area contributed by atoms with Gasteiger partial charge in [0, 0.05) is 0 Å². The fourth-order valence-corrected chi connectivity index (χ4v) is 1.08. The zero-order valence-electron chi connectivity index (χ0n) is 11.4. The molecule has 10 nitrogen and oxygen atoms in total. The molecule has 0 heterocycles. The summed E-state index contributed by atoms with van der Waals surface area (Å²) in [5, 5.41) is 16.6. The summed E-state index contributed by atoms with van der Waals surface area (Å²) < 4.78 is 8.45. The second-order valence-electron chi connectivity index (χ2n) is 3.98. The van der Waals surface area contributed by atoms with E-state index in [0.717, 1.165) is 0 Å². The Balaban J connectivity index is -0.00000220. The van der Waals surface area contributed by atoms with Gasteiger partial charge in [0.05, 0.1) is 38.5 Å². The van der Waals surface area contributed by atoms with Crippen molar-refractivity contribution in [2.45, 2.75) is 38.5 Å². The Morgan fingerprint density at radius 2 is 0.708 bits per heavy atom. The standard InChI is InChI=1S/C12H14O10.2Na.2H/c13-7(14)1-3-9(17)21-11(19)5-6-12(20)22-10(18)4-2-8(15)16;;;;/h1-6H2,(H,13,14)(H,15,16);;;;. The van der Waals surface area contributed by atoms with Crippen molar-refractivity contribution in [3.63, 3.8) is 0 Å². The third-order valence-corrected chi connectivity index (χ3v) is 2.07. The number of esters is 4. The van der Waals surface area contributed by atoms with E-state index in [9.17, 15) is 28.8 Å². The Labute approximate surface area is 180 Å². The summed E-state index contributed by atoms with van der Waals surface area (Å²) in [7, 11) is 0. The van der Waals surface area contributed by atoms with Gasteiger partial charge in [-0.2, -0.15) is 0 Å². The van der Waals surface area contributed by atoms with Crippen LogP contribution in [0.15, 0.2) is 0 Å². The quantitative estimate of drug-likeness (QED) is 0.274. The number of carboxylic acid groups (broad SMARTS) is 2. The predicted molar refractivity (Wildman–Crippen MR) is 79.5 cm³/mol. The van der Waals surface area contributed by atoms with Gasteiger partial charge < -0.3 is 19.7 Å². The van der Waals surface area contributed by atoms with Crippen LogP contribution >= 0.6 is 0 Å². The first-order valence-corrected chi connectivity index (χ1v) is 6.11. The first kappa shape index (κ1) is 28.0. The van der Waals surface area contributed by atoms with Crippen LogP contribution in [0.5, 0.6) is 0 Å². The minimum absolute atomic E-state index is 0. The van der Waals surface area contributed by atoms with Crippen molar-refractivity contribution in [3.05, 3.63) is 0 Å². The second kappa shape index (κ2) is 15.7. The molecule has 0 amide bonds. The topological polar surface area (TPSA) is 161 Å². The average molecular weight is 366 g/mol. The van der Waals surface area contributed by atoms with Crippen molar-refractivity contribution < 1.29 is 48.5 Å². The van der Waals surface area contributed by atoms with Crippen LogP contribution in [0.3, 0.4) is 0 Å². The van der Waals surface area contributed by atoms with Crippen LogP contribution in [0.1, 0.15) is 38.5 Å². The molecule has 126 valence electrons. The van der Waals surface area contributed by atoms with Gasteiger partial charge in [-0.3, -0.25) is 28.8 Å². The van der Waals surface area contributed by atoms with Crippen LogP contribution in [0.4, 0.5) is 0 Å². The number of hydrogen-bond donors (Lipinski definition) is 2. The molecule has 0 aliphatic rings. The van der Waals surface area contributed by atoms with Crippen molar-refractivity contribution in [1.29, 1.82) is 0 Å². The molecule has 0 saturated heterocycles. The van der Waals surface area contributed by atoms with Crippen LogP contribution in [-0.4, -0.2) is 105 Å². The SMILES string of the molecule is O=C(O)CCC(=O)OC(=O)CCC(=O)OC(=O)CCC(=O)O.[NaH].[NaH]. The van der Waals surface area contributed by atoms with E-state index >= 15 is 0 Å². The van der Waals surface area contributed by atoms with Gasteiger partial charge in [0.1, 0.15) is 0 Å². The molecule has 0 aromatic heterocycles. The Morgan fingerprint density at radius 1 is 0.500 bits per heavy atom. The minimum atomic E-state index is -1.23. The summed E-state index contributed by atoms with van der Waals surface area (Å²) in [6, 6.07) is 0. The number of carbonyl (C=O) groups excluding carboxylic acids is 4. The Bertz CT molecular complexity index is 444. The molecule has 0 rings (SSSR count). The molecular weight excluding hydrogens is 350 g/mol. The molecule has 0 aromatic carbocycles. The van der Waals surface area contributed by atoms with Crippen molar-refractivity contribution in [2.24, 2.45) is 0 Å². The number of hydrogen-bond acceptors (Lipinski definition) is 8. The van der Waals surface area contributed by atoms with Gasteiger partial charge in [-0.05, 0) is 0 Å². The maximum absolute atomic E-state index is 11.1. The van der Waals surface area contributed by atoms with Gasteiger partial charge in [0.15, 0.2) is 0 Å². The van der Waals surface area contributed by atoms with E-state index < -0.39 is 74.3 Å². The summed E-state index contributed by atoms with van der Waals surface area (Å²) in [5.74, 6) is -6.67. The van der Waals surface area contributed by atoms with E-state index in [4.69, 9.17) is 10.2 Å². The Kier molecular flexibility index (Phi) is 18.4. The molecule has 0 aliphatic heterocycles. The van der Waals surface area contributed by atoms with E-state index in [1.807, 2.05) is 0 Å². The molecule has 0 unspecified atom stereocenters. The van der Waals surface area contributed by atoms with E-state index in [1.54, 1.807) is 0 Å². The fourth-order valence-electron chi connectivity index (χ4n) is 1.08. The van der Waals surface area contributed by atoms with Gasteiger partial charge in [-0.1, -0.05) is 0 Å². The van der Waals surface area contributed by atoms with Crippen LogP contribution in [0, 0.1) is 0 Å². The predicted octanol–water partition coefficient (Wildman–Crippen LogP) is -1.66. The molecule has 0 fully saturated rings. The second-order valence-corrected chi connectivity index (χ2v) is 3.98. The number of rotatable bonds is 9. The molecule has 0 aliphatic carbocycles. The van der Waals surface area contributed by atoms with Crippen LogP contribution < -0.4 is 0 Å². The normalized spacial score (nSPS) is 8.83. The summed E-state index contributed by atoms with van der Waals surface area (Å²) in [6.45, 7) is 0. The van der Waals surface area contributed by atoms with Crippen LogP contribution in [0.2, 0.25) is 0 Å². The number of aliphatic carboxylic acids is 2. The fraction of sp³-hybridized carbons (Fsp3) is 0.500. The van der Waals surface area contributed by atoms with Gasteiger partial charge in [0.25, 0.3) is 0 Å². The number of carbonyl (C=O) groups is 6. The molecular formula is C12H16Na2O10. The third-order valence-electron chi connectivity index (χ3n) is 2.07. The molecule has 0 radical (unpaired) electrons. The van der Waals surface area contributed by atoms with Crippen LogP contribution in [0.25, 0.3) is 0 Å². The average Bonchev–Trinajstić information content (AvgIpc) is 2.40. The molecule has 24 heavy (non-hydrogen) atoms. The van der Waals surface area contributed by atoms with Crippen molar-refractivity contribution in [1.82, 2.24) is 0 Å². The van der Waals surface area contributed by atoms with E-state index in [2.05, 4.69) is 9.47 Å². The maximum atomic E-state index is 11.1. The summed E-state index contributed by atoms with van der Waals surface area (Å²) in [5.41, 5.74) is 0. The number of carboxylic acids is 2. The number of ether oxygens (including phenoxy) is 2. The Hall–Kier alpha value is -0.780. The first-order chi connectivity index (χ1) is 10.2. The molecule has 0 spiro atoms. The summed E-state index contributed by atoms with van der Waals surface area (Å²) >= 11 is 0. The summed E-state index contributed by atoms with van der Waals surface area (Å²) in [6.07, 6.45) is -3.04. The first-order valence-electron chi connectivity index (χ1n) is 6.11. The van der Waals surface area contributed by atoms with E-state index in [-0.39, 0.29) is 59.1 Å².